The van der Waals surface area contributed by atoms with Crippen LogP contribution in [0.25, 0.3) is 0 Å². The smallest absolute Gasteiger partial charge is 0.324 e. The number of anilines is 3. The summed E-state index contributed by atoms with van der Waals surface area (Å²) in [5.74, 6) is -0.0907. The number of carbonyl (C=O) groups excluding carboxylic acids is 1. The van der Waals surface area contributed by atoms with E-state index in [1.807, 2.05) is 0 Å². The lowest BCUT2D eigenvalue weighted by molar-refractivity contribution is 0.262. The number of pyridine rings is 1. The Morgan fingerprint density at radius 2 is 1.89 bits per heavy atom. The summed E-state index contributed by atoms with van der Waals surface area (Å²) in [5.41, 5.74) is 6.47. The van der Waals surface area contributed by atoms with E-state index in [0.717, 1.165) is 0 Å². The van der Waals surface area contributed by atoms with Crippen molar-refractivity contribution in [3.63, 3.8) is 0 Å². The average molecular weight is 246 g/mol. The van der Waals surface area contributed by atoms with Gasteiger partial charge in [-0.15, -0.1) is 0 Å². The van der Waals surface area contributed by atoms with Gasteiger partial charge in [0, 0.05) is 11.9 Å². The van der Waals surface area contributed by atoms with Crippen LogP contribution in [-0.4, -0.2) is 11.0 Å². The van der Waals surface area contributed by atoms with Gasteiger partial charge < -0.3 is 11.1 Å². The summed E-state index contributed by atoms with van der Waals surface area (Å²) in [5, 5.41) is 5.03. The molecule has 0 fully saturated rings. The van der Waals surface area contributed by atoms with Crippen LogP contribution in [0.15, 0.2) is 42.6 Å². The van der Waals surface area contributed by atoms with Gasteiger partial charge in [0.2, 0.25) is 0 Å². The van der Waals surface area contributed by atoms with Crippen molar-refractivity contribution in [1.29, 1.82) is 0 Å². The van der Waals surface area contributed by atoms with Crippen LogP contribution in [0.5, 0.6) is 0 Å². The first-order chi connectivity index (χ1) is 8.65. The van der Waals surface area contributed by atoms with Crippen LogP contribution in [-0.2, 0) is 0 Å². The lowest BCUT2D eigenvalue weighted by Crippen LogP contribution is -2.20. The number of nitrogen functional groups attached to an aromatic ring is 1. The van der Waals surface area contributed by atoms with Crippen molar-refractivity contribution < 1.29 is 9.18 Å². The Hall–Kier alpha value is -2.63. The van der Waals surface area contributed by atoms with Crippen LogP contribution in [0.2, 0.25) is 0 Å². The van der Waals surface area contributed by atoms with Crippen molar-refractivity contribution >= 4 is 23.2 Å². The molecule has 92 valence electrons. The molecule has 2 rings (SSSR count). The Morgan fingerprint density at radius 3 is 2.56 bits per heavy atom. The number of aromatic nitrogens is 1. The molecule has 1 aromatic heterocycles. The summed E-state index contributed by atoms with van der Waals surface area (Å²) in [6, 6.07) is 8.22. The number of hydrogen-bond acceptors (Lipinski definition) is 3. The van der Waals surface area contributed by atoms with E-state index in [9.17, 15) is 9.18 Å². The largest absolute Gasteiger partial charge is 0.396 e. The van der Waals surface area contributed by atoms with E-state index in [2.05, 4.69) is 15.6 Å². The Bertz CT molecular complexity index is 556. The van der Waals surface area contributed by atoms with Crippen molar-refractivity contribution in [2.24, 2.45) is 0 Å². The second-order valence-electron chi connectivity index (χ2n) is 3.53. The predicted molar refractivity (Wildman–Crippen MR) is 67.7 cm³/mol. The molecular formula is C12H11FN4O. The van der Waals surface area contributed by atoms with Gasteiger partial charge in [0.1, 0.15) is 5.82 Å². The van der Waals surface area contributed by atoms with Gasteiger partial charge in [0.15, 0.2) is 5.82 Å². The molecule has 0 spiro atoms. The first-order valence-corrected chi connectivity index (χ1v) is 5.19. The molecule has 1 aromatic carbocycles. The molecule has 2 amide bonds. The first kappa shape index (κ1) is 11.8. The number of nitrogens with one attached hydrogen (secondary N) is 2. The lowest BCUT2D eigenvalue weighted by atomic mass is 10.3. The van der Waals surface area contributed by atoms with E-state index in [4.69, 9.17) is 5.73 Å². The summed E-state index contributed by atoms with van der Waals surface area (Å²) in [6.07, 6.45) is 1.52. The molecule has 4 N–H and O–H groups in total. The molecule has 0 aliphatic carbocycles. The molecule has 0 saturated heterocycles. The third-order valence-electron chi connectivity index (χ3n) is 2.17. The van der Waals surface area contributed by atoms with Crippen molar-refractivity contribution in [2.75, 3.05) is 16.4 Å². The number of nitrogens with two attached hydrogens (primary N) is 1. The predicted octanol–water partition coefficient (Wildman–Crippen LogP) is 2.45. The number of benzene rings is 1. The molecule has 0 atom stereocenters. The number of carbonyl (C=O) groups is 1. The van der Waals surface area contributed by atoms with Gasteiger partial charge in [-0.3, -0.25) is 5.32 Å². The van der Waals surface area contributed by atoms with Crippen LogP contribution in [0.4, 0.5) is 26.4 Å². The van der Waals surface area contributed by atoms with E-state index in [-0.39, 0.29) is 11.6 Å². The van der Waals surface area contributed by atoms with Gasteiger partial charge in [-0.1, -0.05) is 0 Å². The molecular weight excluding hydrogens is 235 g/mol. The second-order valence-corrected chi connectivity index (χ2v) is 3.53. The highest BCUT2D eigenvalue weighted by molar-refractivity contribution is 6.00. The zero-order valence-electron chi connectivity index (χ0n) is 9.35. The normalized spacial score (nSPS) is 9.83. The van der Waals surface area contributed by atoms with Crippen LogP contribution in [0.1, 0.15) is 0 Å². The fourth-order valence-electron chi connectivity index (χ4n) is 1.33. The molecule has 0 aliphatic heterocycles. The van der Waals surface area contributed by atoms with E-state index in [1.165, 1.54) is 30.5 Å². The number of rotatable bonds is 2. The number of nitrogens with zero attached hydrogens (tertiary/aromatic N) is 1. The summed E-state index contributed by atoms with van der Waals surface area (Å²) in [4.78, 5) is 15.5. The Kier molecular flexibility index (Phi) is 3.38. The topological polar surface area (TPSA) is 80.0 Å². The van der Waals surface area contributed by atoms with Crippen molar-refractivity contribution in [2.45, 2.75) is 0 Å². The minimum atomic E-state index is -0.494. The van der Waals surface area contributed by atoms with E-state index in [0.29, 0.717) is 11.4 Å². The standard InChI is InChI=1S/C12H11FN4O/c13-8-3-5-9(6-4-8)16-12(18)17-11-10(14)2-1-7-15-11/h1-7H,14H2,(H2,15,16,17,18). The summed E-state index contributed by atoms with van der Waals surface area (Å²) in [6.45, 7) is 0. The maximum absolute atomic E-state index is 12.7. The molecule has 0 bridgehead atoms. The van der Waals surface area contributed by atoms with Gasteiger partial charge in [-0.05, 0) is 36.4 Å². The number of urea groups is 1. The highest BCUT2D eigenvalue weighted by Crippen LogP contribution is 2.14. The second kappa shape index (κ2) is 5.13. The average Bonchev–Trinajstić information content (AvgIpc) is 2.35. The minimum absolute atomic E-state index is 0.275. The van der Waals surface area contributed by atoms with E-state index < -0.39 is 6.03 Å². The van der Waals surface area contributed by atoms with E-state index >= 15 is 0 Å². The number of hydrogen-bond donors (Lipinski definition) is 3. The molecule has 5 nitrogen and oxygen atoms in total. The van der Waals surface area contributed by atoms with Crippen LogP contribution >= 0.6 is 0 Å². The van der Waals surface area contributed by atoms with Gasteiger partial charge in [-0.2, -0.15) is 0 Å². The number of amides is 2. The first-order valence-electron chi connectivity index (χ1n) is 5.19. The summed E-state index contributed by atoms with van der Waals surface area (Å²) in [7, 11) is 0. The third-order valence-corrected chi connectivity index (χ3v) is 2.17. The van der Waals surface area contributed by atoms with Gasteiger partial charge in [-0.25, -0.2) is 14.2 Å². The van der Waals surface area contributed by atoms with Gasteiger partial charge >= 0.3 is 6.03 Å². The quantitative estimate of drug-likeness (QED) is 0.761. The van der Waals surface area contributed by atoms with Crippen LogP contribution < -0.4 is 16.4 Å². The lowest BCUT2D eigenvalue weighted by Gasteiger charge is -2.08. The zero-order valence-corrected chi connectivity index (χ0v) is 9.35. The fraction of sp³-hybridized carbons (Fsp3) is 0. The Morgan fingerprint density at radius 1 is 1.17 bits per heavy atom. The molecule has 18 heavy (non-hydrogen) atoms. The third kappa shape index (κ3) is 2.94. The molecule has 2 aromatic rings. The summed E-state index contributed by atoms with van der Waals surface area (Å²) < 4.78 is 12.7. The van der Waals surface area contributed by atoms with Crippen LogP contribution in [0.3, 0.4) is 0 Å². The molecule has 0 saturated carbocycles. The van der Waals surface area contributed by atoms with Crippen molar-refractivity contribution in [1.82, 2.24) is 4.98 Å². The number of halogens is 1. The minimum Gasteiger partial charge on any atom is -0.396 e. The Balaban J connectivity index is 2.01. The maximum atomic E-state index is 12.7. The molecule has 0 aliphatic rings. The van der Waals surface area contributed by atoms with E-state index in [1.54, 1.807) is 12.1 Å². The highest BCUT2D eigenvalue weighted by Gasteiger charge is 2.05. The zero-order chi connectivity index (χ0) is 13.0. The fourth-order valence-corrected chi connectivity index (χ4v) is 1.33. The summed E-state index contributed by atoms with van der Waals surface area (Å²) >= 11 is 0. The van der Waals surface area contributed by atoms with Gasteiger partial charge in [0.25, 0.3) is 0 Å². The molecule has 1 heterocycles. The SMILES string of the molecule is Nc1cccnc1NC(=O)Nc1ccc(F)cc1. The van der Waals surface area contributed by atoms with Crippen molar-refractivity contribution in [3.05, 3.63) is 48.4 Å². The monoisotopic (exact) mass is 246 g/mol. The maximum Gasteiger partial charge on any atom is 0.324 e. The molecule has 0 unspecified atom stereocenters. The molecule has 6 heteroatoms. The Labute approximate surface area is 103 Å². The van der Waals surface area contributed by atoms with Gasteiger partial charge in [0.05, 0.1) is 5.69 Å². The molecule has 0 radical (unpaired) electrons. The van der Waals surface area contributed by atoms with Crippen LogP contribution in [0, 0.1) is 5.82 Å². The van der Waals surface area contributed by atoms with Crippen molar-refractivity contribution in [3.8, 4) is 0 Å². The highest BCUT2D eigenvalue weighted by atomic mass is 19.1.